The molecular weight excluding hydrogens is 140 g/mol. The van der Waals surface area contributed by atoms with Gasteiger partial charge in [-0.15, -0.1) is 0 Å². The van der Waals surface area contributed by atoms with Gasteiger partial charge < -0.3 is 5.73 Å². The van der Waals surface area contributed by atoms with Crippen LogP contribution in [0.2, 0.25) is 0 Å². The second-order valence-electron chi connectivity index (χ2n) is 2.08. The third-order valence-corrected chi connectivity index (χ3v) is 1.33. The monoisotopic (exact) mass is 148 g/mol. The summed E-state index contributed by atoms with van der Waals surface area (Å²) in [6.07, 6.45) is 3.17. The highest BCUT2D eigenvalue weighted by atomic mass is 16.1. The van der Waals surface area contributed by atoms with Crippen molar-refractivity contribution in [3.8, 4) is 0 Å². The average molecular weight is 148 g/mol. The summed E-state index contributed by atoms with van der Waals surface area (Å²) in [5, 5.41) is 0. The standard InChI is InChI=1S/C8H8N2O/c1-6(8(9)11)7-2-4-10-5-3-7/h2-5H,1H2,(H2,9,11). The van der Waals surface area contributed by atoms with Crippen LogP contribution in [0.4, 0.5) is 0 Å². The quantitative estimate of drug-likeness (QED) is 0.624. The number of aromatic nitrogens is 1. The third kappa shape index (κ3) is 1.64. The first kappa shape index (κ1) is 7.47. The van der Waals surface area contributed by atoms with Crippen LogP contribution in [0.5, 0.6) is 0 Å². The van der Waals surface area contributed by atoms with Crippen molar-refractivity contribution in [2.24, 2.45) is 5.73 Å². The minimum absolute atomic E-state index is 0.312. The van der Waals surface area contributed by atoms with Crippen molar-refractivity contribution in [1.82, 2.24) is 4.98 Å². The average Bonchev–Trinajstić information content (AvgIpc) is 2.05. The predicted molar refractivity (Wildman–Crippen MR) is 42.5 cm³/mol. The predicted octanol–water partition coefficient (Wildman–Crippen LogP) is 0.580. The van der Waals surface area contributed by atoms with Crippen molar-refractivity contribution < 1.29 is 4.79 Å². The van der Waals surface area contributed by atoms with Gasteiger partial charge in [0.05, 0.1) is 0 Å². The minimum Gasteiger partial charge on any atom is -0.366 e. The second kappa shape index (κ2) is 2.96. The van der Waals surface area contributed by atoms with E-state index in [2.05, 4.69) is 11.6 Å². The van der Waals surface area contributed by atoms with Crippen LogP contribution >= 0.6 is 0 Å². The Bertz CT molecular complexity index is 279. The Hall–Kier alpha value is -1.64. The highest BCUT2D eigenvalue weighted by Crippen LogP contribution is 2.08. The zero-order chi connectivity index (χ0) is 8.27. The first-order valence-corrected chi connectivity index (χ1v) is 3.11. The van der Waals surface area contributed by atoms with E-state index in [4.69, 9.17) is 5.73 Å². The number of hydrogen-bond acceptors (Lipinski definition) is 2. The van der Waals surface area contributed by atoms with Gasteiger partial charge in [-0.05, 0) is 17.7 Å². The van der Waals surface area contributed by atoms with Gasteiger partial charge in [0.15, 0.2) is 0 Å². The Kier molecular flexibility index (Phi) is 2.01. The van der Waals surface area contributed by atoms with Crippen molar-refractivity contribution in [2.45, 2.75) is 0 Å². The van der Waals surface area contributed by atoms with Crippen molar-refractivity contribution >= 4 is 11.5 Å². The van der Waals surface area contributed by atoms with E-state index in [1.807, 2.05) is 0 Å². The van der Waals surface area contributed by atoms with Crippen molar-refractivity contribution in [2.75, 3.05) is 0 Å². The normalized spacial score (nSPS) is 9.09. The van der Waals surface area contributed by atoms with Gasteiger partial charge >= 0.3 is 0 Å². The number of amides is 1. The largest absolute Gasteiger partial charge is 0.366 e. The molecule has 0 unspecified atom stereocenters. The molecule has 0 aliphatic heterocycles. The van der Waals surface area contributed by atoms with Gasteiger partial charge in [0, 0.05) is 18.0 Å². The number of primary amides is 1. The zero-order valence-electron chi connectivity index (χ0n) is 5.95. The van der Waals surface area contributed by atoms with E-state index >= 15 is 0 Å². The SMILES string of the molecule is C=C(C(N)=O)c1ccncc1. The summed E-state index contributed by atoms with van der Waals surface area (Å²) < 4.78 is 0. The molecule has 2 N–H and O–H groups in total. The fourth-order valence-corrected chi connectivity index (χ4v) is 0.695. The highest BCUT2D eigenvalue weighted by molar-refractivity contribution is 6.17. The Morgan fingerprint density at radius 1 is 1.45 bits per heavy atom. The molecule has 3 nitrogen and oxygen atoms in total. The molecule has 1 amide bonds. The van der Waals surface area contributed by atoms with Crippen molar-refractivity contribution in [3.63, 3.8) is 0 Å². The smallest absolute Gasteiger partial charge is 0.248 e. The van der Waals surface area contributed by atoms with Crippen LogP contribution in [0.15, 0.2) is 31.1 Å². The van der Waals surface area contributed by atoms with Crippen LogP contribution in [0.25, 0.3) is 5.57 Å². The highest BCUT2D eigenvalue weighted by Gasteiger charge is 2.02. The van der Waals surface area contributed by atoms with Gasteiger partial charge in [0.25, 0.3) is 0 Å². The number of carbonyl (C=O) groups is 1. The summed E-state index contributed by atoms with van der Waals surface area (Å²) in [7, 11) is 0. The molecule has 0 spiro atoms. The Balaban J connectivity index is 2.95. The van der Waals surface area contributed by atoms with Crippen LogP contribution < -0.4 is 5.73 Å². The van der Waals surface area contributed by atoms with Crippen molar-refractivity contribution in [3.05, 3.63) is 36.7 Å². The molecule has 0 fully saturated rings. The number of hydrogen-bond donors (Lipinski definition) is 1. The molecule has 1 rings (SSSR count). The number of nitrogens with two attached hydrogens (primary N) is 1. The maximum absolute atomic E-state index is 10.6. The lowest BCUT2D eigenvalue weighted by Gasteiger charge is -1.98. The molecular formula is C8H8N2O. The van der Waals surface area contributed by atoms with Crippen molar-refractivity contribution in [1.29, 1.82) is 0 Å². The molecule has 0 aliphatic carbocycles. The second-order valence-corrected chi connectivity index (χ2v) is 2.08. The number of rotatable bonds is 2. The molecule has 0 saturated carbocycles. The van der Waals surface area contributed by atoms with E-state index in [-0.39, 0.29) is 0 Å². The van der Waals surface area contributed by atoms with Gasteiger partial charge in [-0.1, -0.05) is 6.58 Å². The molecule has 56 valence electrons. The lowest BCUT2D eigenvalue weighted by Crippen LogP contribution is -2.11. The molecule has 3 heteroatoms. The van der Waals surface area contributed by atoms with Gasteiger partial charge in [0.2, 0.25) is 5.91 Å². The van der Waals surface area contributed by atoms with E-state index in [1.165, 1.54) is 0 Å². The Morgan fingerprint density at radius 2 is 2.00 bits per heavy atom. The van der Waals surface area contributed by atoms with Gasteiger partial charge in [-0.2, -0.15) is 0 Å². The molecule has 0 bridgehead atoms. The summed E-state index contributed by atoms with van der Waals surface area (Å²) in [5.74, 6) is -0.504. The van der Waals surface area contributed by atoms with Gasteiger partial charge in [0.1, 0.15) is 0 Å². The summed E-state index contributed by atoms with van der Waals surface area (Å²) in [6.45, 7) is 3.52. The summed E-state index contributed by atoms with van der Waals surface area (Å²) in [6, 6.07) is 3.38. The maximum atomic E-state index is 10.6. The summed E-state index contributed by atoms with van der Waals surface area (Å²) in [4.78, 5) is 14.4. The van der Waals surface area contributed by atoms with E-state index in [9.17, 15) is 4.79 Å². The molecule has 0 aliphatic rings. The van der Waals surface area contributed by atoms with E-state index in [0.717, 1.165) is 0 Å². The van der Waals surface area contributed by atoms with E-state index in [0.29, 0.717) is 11.1 Å². The zero-order valence-corrected chi connectivity index (χ0v) is 5.95. The lowest BCUT2D eigenvalue weighted by molar-refractivity contribution is -0.112. The molecule has 0 radical (unpaired) electrons. The molecule has 1 aromatic heterocycles. The van der Waals surface area contributed by atoms with Crippen LogP contribution in [0, 0.1) is 0 Å². The number of nitrogens with zero attached hydrogens (tertiary/aromatic N) is 1. The van der Waals surface area contributed by atoms with E-state index in [1.54, 1.807) is 24.5 Å². The van der Waals surface area contributed by atoms with Crippen LogP contribution in [0.1, 0.15) is 5.56 Å². The van der Waals surface area contributed by atoms with Gasteiger partial charge in [-0.25, -0.2) is 0 Å². The Labute approximate surface area is 64.6 Å². The van der Waals surface area contributed by atoms with Gasteiger partial charge in [-0.3, -0.25) is 9.78 Å². The van der Waals surface area contributed by atoms with Crippen LogP contribution in [-0.2, 0) is 4.79 Å². The fourth-order valence-electron chi connectivity index (χ4n) is 0.695. The van der Waals surface area contributed by atoms with Crippen LogP contribution in [-0.4, -0.2) is 10.9 Å². The molecule has 0 atom stereocenters. The molecule has 0 aromatic carbocycles. The molecule has 1 aromatic rings. The molecule has 0 saturated heterocycles. The first-order chi connectivity index (χ1) is 5.22. The molecule has 1 heterocycles. The summed E-state index contributed by atoms with van der Waals surface area (Å²) >= 11 is 0. The number of carbonyl (C=O) groups excluding carboxylic acids is 1. The minimum atomic E-state index is -0.504. The maximum Gasteiger partial charge on any atom is 0.248 e. The third-order valence-electron chi connectivity index (χ3n) is 1.33. The first-order valence-electron chi connectivity index (χ1n) is 3.11. The van der Waals surface area contributed by atoms with Crippen LogP contribution in [0.3, 0.4) is 0 Å². The Morgan fingerprint density at radius 3 is 2.45 bits per heavy atom. The fraction of sp³-hybridized carbons (Fsp3) is 0. The topological polar surface area (TPSA) is 56.0 Å². The number of pyridine rings is 1. The molecule has 11 heavy (non-hydrogen) atoms. The van der Waals surface area contributed by atoms with E-state index < -0.39 is 5.91 Å². The lowest BCUT2D eigenvalue weighted by atomic mass is 10.1. The summed E-state index contributed by atoms with van der Waals surface area (Å²) in [5.41, 5.74) is 6.04.